The molecule has 1 unspecified atom stereocenters. The van der Waals surface area contributed by atoms with Crippen LogP contribution in [0.2, 0.25) is 0 Å². The number of nitrogens with one attached hydrogen (secondary N) is 1. The number of fused-ring (bicyclic) bond motifs is 1. The maximum Gasteiger partial charge on any atom is 0.244 e. The Hall–Kier alpha value is -1.55. The average Bonchev–Trinajstić information content (AvgIpc) is 2.44. The van der Waals surface area contributed by atoms with Gasteiger partial charge in [-0.15, -0.1) is 0 Å². The highest BCUT2D eigenvalue weighted by molar-refractivity contribution is 5.76. The lowest BCUT2D eigenvalue weighted by Gasteiger charge is -2.25. The average molecular weight is 263 g/mol. The third-order valence-corrected chi connectivity index (χ3v) is 3.55. The maximum atomic E-state index is 11.7. The lowest BCUT2D eigenvalue weighted by atomic mass is 9.81. The first-order chi connectivity index (χ1) is 9.24. The molecule has 0 radical (unpaired) electrons. The Kier molecular flexibility index (Phi) is 4.80. The van der Waals surface area contributed by atoms with Crippen molar-refractivity contribution >= 4 is 5.91 Å². The van der Waals surface area contributed by atoms with Crippen LogP contribution in [0.5, 0.6) is 5.75 Å². The molecule has 19 heavy (non-hydrogen) atoms. The summed E-state index contributed by atoms with van der Waals surface area (Å²) < 4.78 is 5.25. The topological polar surface area (TPSA) is 47.6 Å². The van der Waals surface area contributed by atoms with Gasteiger partial charge in [-0.1, -0.05) is 6.07 Å². The summed E-state index contributed by atoms with van der Waals surface area (Å²) in [6.07, 6.45) is 3.72. The minimum absolute atomic E-state index is 0.0458. The van der Waals surface area contributed by atoms with Gasteiger partial charge in [0.15, 0.2) is 0 Å². The quantitative estimate of drug-likeness (QED) is 0.831. The smallest absolute Gasteiger partial charge is 0.244 e. The van der Waals surface area contributed by atoms with Gasteiger partial charge in [0, 0.05) is 6.42 Å². The first-order valence-corrected chi connectivity index (χ1v) is 6.82. The summed E-state index contributed by atoms with van der Waals surface area (Å²) in [6.45, 7) is 2.34. The van der Waals surface area contributed by atoms with E-state index in [1.807, 2.05) is 13.0 Å². The van der Waals surface area contributed by atoms with Crippen LogP contribution in [-0.4, -0.2) is 19.6 Å². The minimum atomic E-state index is -0.0458. The summed E-state index contributed by atoms with van der Waals surface area (Å²) >= 11 is 0. The highest BCUT2D eigenvalue weighted by Gasteiger charge is 2.23. The zero-order chi connectivity index (χ0) is 13.7. The zero-order valence-corrected chi connectivity index (χ0v) is 11.6. The number of benzene rings is 1. The molecule has 4 nitrogen and oxygen atoms in total. The van der Waals surface area contributed by atoms with E-state index in [4.69, 9.17) is 9.57 Å². The Morgan fingerprint density at radius 2 is 2.32 bits per heavy atom. The van der Waals surface area contributed by atoms with Crippen LogP contribution in [0.4, 0.5) is 0 Å². The van der Waals surface area contributed by atoms with Gasteiger partial charge in [0.05, 0.1) is 13.7 Å². The van der Waals surface area contributed by atoms with Gasteiger partial charge in [0.1, 0.15) is 5.75 Å². The number of carbonyl (C=O) groups excluding carboxylic acids is 1. The third kappa shape index (κ3) is 3.47. The molecule has 2 rings (SSSR count). The number of amides is 1. The van der Waals surface area contributed by atoms with E-state index in [1.165, 1.54) is 11.1 Å². The number of rotatable bonds is 5. The van der Waals surface area contributed by atoms with Crippen LogP contribution in [0.25, 0.3) is 0 Å². The molecule has 104 valence electrons. The van der Waals surface area contributed by atoms with E-state index in [0.717, 1.165) is 25.0 Å². The van der Waals surface area contributed by atoms with Gasteiger partial charge in [-0.25, -0.2) is 5.48 Å². The standard InChI is InChI=1S/C15H21NO3/c1-3-19-16-15(17)10-12-6-4-5-11-9-13(18-2)7-8-14(11)12/h7-9,12H,3-6,10H2,1-2H3,(H,16,17). The number of ether oxygens (including phenoxy) is 1. The summed E-state index contributed by atoms with van der Waals surface area (Å²) in [5.41, 5.74) is 5.05. The molecule has 0 bridgehead atoms. The van der Waals surface area contributed by atoms with Gasteiger partial charge in [-0.3, -0.25) is 9.63 Å². The number of aryl methyl sites for hydroxylation is 1. The first-order valence-electron chi connectivity index (χ1n) is 6.82. The Morgan fingerprint density at radius 1 is 1.47 bits per heavy atom. The molecule has 1 aromatic rings. The second kappa shape index (κ2) is 6.57. The van der Waals surface area contributed by atoms with Crippen molar-refractivity contribution in [3.05, 3.63) is 29.3 Å². The van der Waals surface area contributed by atoms with E-state index < -0.39 is 0 Å². The van der Waals surface area contributed by atoms with Crippen molar-refractivity contribution < 1.29 is 14.4 Å². The second-order valence-electron chi connectivity index (χ2n) is 4.82. The van der Waals surface area contributed by atoms with Crippen molar-refractivity contribution in [2.75, 3.05) is 13.7 Å². The number of hydrogen-bond donors (Lipinski definition) is 1. The van der Waals surface area contributed by atoms with Crippen LogP contribution in [0.1, 0.15) is 43.2 Å². The number of carbonyl (C=O) groups is 1. The van der Waals surface area contributed by atoms with Crippen LogP contribution in [0, 0.1) is 0 Å². The SMILES string of the molecule is CCONC(=O)CC1CCCc2cc(OC)ccc21. The Balaban J connectivity index is 2.07. The van der Waals surface area contributed by atoms with Gasteiger partial charge < -0.3 is 4.74 Å². The van der Waals surface area contributed by atoms with Gasteiger partial charge in [0.25, 0.3) is 0 Å². The third-order valence-electron chi connectivity index (χ3n) is 3.55. The molecular formula is C15H21NO3. The number of hydrogen-bond acceptors (Lipinski definition) is 3. The molecule has 1 aliphatic rings. The van der Waals surface area contributed by atoms with E-state index in [0.29, 0.717) is 13.0 Å². The molecule has 0 fully saturated rings. The molecule has 1 aromatic carbocycles. The molecule has 1 N–H and O–H groups in total. The molecule has 0 aliphatic heterocycles. The summed E-state index contributed by atoms with van der Waals surface area (Å²) in [4.78, 5) is 16.7. The predicted octanol–water partition coefficient (Wildman–Crippen LogP) is 2.57. The van der Waals surface area contributed by atoms with Crippen LogP contribution >= 0.6 is 0 Å². The summed E-state index contributed by atoms with van der Waals surface area (Å²) in [6, 6.07) is 6.14. The van der Waals surface area contributed by atoms with Gasteiger partial charge >= 0.3 is 0 Å². The van der Waals surface area contributed by atoms with Crippen molar-refractivity contribution in [2.45, 2.75) is 38.5 Å². The Morgan fingerprint density at radius 3 is 3.05 bits per heavy atom. The van der Waals surface area contributed by atoms with Crippen LogP contribution in [-0.2, 0) is 16.1 Å². The molecule has 0 saturated carbocycles. The molecule has 4 heteroatoms. The Bertz CT molecular complexity index is 445. The molecule has 0 heterocycles. The van der Waals surface area contributed by atoms with Crippen LogP contribution in [0.15, 0.2) is 18.2 Å². The lowest BCUT2D eigenvalue weighted by molar-refractivity contribution is -0.133. The second-order valence-corrected chi connectivity index (χ2v) is 4.82. The Labute approximate surface area is 114 Å². The molecule has 1 amide bonds. The molecular weight excluding hydrogens is 242 g/mol. The predicted molar refractivity (Wildman–Crippen MR) is 73.1 cm³/mol. The van der Waals surface area contributed by atoms with E-state index in [2.05, 4.69) is 17.6 Å². The monoisotopic (exact) mass is 263 g/mol. The molecule has 0 saturated heterocycles. The fourth-order valence-electron chi connectivity index (χ4n) is 2.65. The van der Waals surface area contributed by atoms with Crippen LogP contribution < -0.4 is 10.2 Å². The highest BCUT2D eigenvalue weighted by Crippen LogP contribution is 2.35. The molecule has 0 spiro atoms. The first kappa shape index (κ1) is 13.9. The molecule has 1 atom stereocenters. The van der Waals surface area contributed by atoms with Crippen molar-refractivity contribution in [1.82, 2.24) is 5.48 Å². The maximum absolute atomic E-state index is 11.7. The summed E-state index contributed by atoms with van der Waals surface area (Å²) in [7, 11) is 1.68. The number of hydroxylamine groups is 1. The zero-order valence-electron chi connectivity index (χ0n) is 11.6. The van der Waals surface area contributed by atoms with Crippen LogP contribution in [0.3, 0.4) is 0 Å². The van der Waals surface area contributed by atoms with Gasteiger partial charge in [-0.2, -0.15) is 0 Å². The van der Waals surface area contributed by atoms with Crippen molar-refractivity contribution in [2.24, 2.45) is 0 Å². The highest BCUT2D eigenvalue weighted by atomic mass is 16.6. The van der Waals surface area contributed by atoms with E-state index in [1.54, 1.807) is 7.11 Å². The fourth-order valence-corrected chi connectivity index (χ4v) is 2.65. The van der Waals surface area contributed by atoms with Gasteiger partial charge in [0.2, 0.25) is 5.91 Å². The largest absolute Gasteiger partial charge is 0.497 e. The normalized spacial score (nSPS) is 17.7. The van der Waals surface area contributed by atoms with Gasteiger partial charge in [-0.05, 0) is 55.4 Å². The molecule has 0 aromatic heterocycles. The van der Waals surface area contributed by atoms with E-state index in [9.17, 15) is 4.79 Å². The van der Waals surface area contributed by atoms with E-state index in [-0.39, 0.29) is 11.8 Å². The lowest BCUT2D eigenvalue weighted by Crippen LogP contribution is -2.26. The minimum Gasteiger partial charge on any atom is -0.497 e. The summed E-state index contributed by atoms with van der Waals surface area (Å²) in [5.74, 6) is 1.13. The van der Waals surface area contributed by atoms with Crippen molar-refractivity contribution in [1.29, 1.82) is 0 Å². The molecule has 1 aliphatic carbocycles. The van der Waals surface area contributed by atoms with E-state index >= 15 is 0 Å². The fraction of sp³-hybridized carbons (Fsp3) is 0.533. The van der Waals surface area contributed by atoms with Crippen molar-refractivity contribution in [3.8, 4) is 5.75 Å². The van der Waals surface area contributed by atoms with Crippen molar-refractivity contribution in [3.63, 3.8) is 0 Å². The summed E-state index contributed by atoms with van der Waals surface area (Å²) in [5, 5.41) is 0. The number of methoxy groups -OCH3 is 1.